The lowest BCUT2D eigenvalue weighted by atomic mass is 9.96. The highest BCUT2D eigenvalue weighted by Gasteiger charge is 2.38. The number of halogens is 2. The molecule has 5 amide bonds. The van der Waals surface area contributed by atoms with Gasteiger partial charge in [0.1, 0.15) is 47.0 Å². The van der Waals surface area contributed by atoms with E-state index in [1.165, 1.54) is 28.3 Å². The van der Waals surface area contributed by atoms with Crippen molar-refractivity contribution in [3.05, 3.63) is 53.3 Å². The molecule has 4 aliphatic heterocycles. The molecule has 0 atom stereocenters. The van der Waals surface area contributed by atoms with Crippen LogP contribution in [0.1, 0.15) is 75.8 Å². The van der Waals surface area contributed by atoms with E-state index in [0.717, 1.165) is 32.2 Å². The molecule has 1 aliphatic carbocycles. The summed E-state index contributed by atoms with van der Waals surface area (Å²) in [7, 11) is 0. The minimum atomic E-state index is -0.687. The van der Waals surface area contributed by atoms with E-state index in [0.29, 0.717) is 102 Å². The van der Waals surface area contributed by atoms with Crippen molar-refractivity contribution in [2.45, 2.75) is 83.9 Å². The second kappa shape index (κ2) is 18.7. The Morgan fingerprint density at radius 3 is 2.33 bits per heavy atom. The van der Waals surface area contributed by atoms with Crippen molar-refractivity contribution in [3.63, 3.8) is 0 Å². The van der Waals surface area contributed by atoms with Crippen molar-refractivity contribution in [1.29, 1.82) is 0 Å². The third-order valence-electron chi connectivity index (χ3n) is 13.7. The average Bonchev–Trinajstić information content (AvgIpc) is 3.92. The number of aromatic nitrogens is 7. The van der Waals surface area contributed by atoms with Gasteiger partial charge in [0.25, 0.3) is 5.91 Å². The van der Waals surface area contributed by atoms with Gasteiger partial charge in [-0.1, -0.05) is 5.16 Å². The zero-order chi connectivity index (χ0) is 49.0. The number of anilines is 2. The van der Waals surface area contributed by atoms with Gasteiger partial charge in [-0.3, -0.25) is 19.8 Å². The number of hydrogen-bond acceptors (Lipinski definition) is 16. The Kier molecular flexibility index (Phi) is 12.5. The summed E-state index contributed by atoms with van der Waals surface area (Å²) in [6, 6.07) is 1.93. The molecule has 3 N–H and O–H groups in total. The maximum atomic E-state index is 15.3. The van der Waals surface area contributed by atoms with Gasteiger partial charge in [0.2, 0.25) is 5.91 Å². The second-order valence-electron chi connectivity index (χ2n) is 19.8. The first-order valence-corrected chi connectivity index (χ1v) is 23.8. The molecule has 1 saturated carbocycles. The Hall–Kier alpha value is -7.04. The molecular formula is C47H56F2N14O7. The van der Waals surface area contributed by atoms with Crippen LogP contribution in [0.3, 0.4) is 0 Å². The molecule has 5 fully saturated rings. The molecule has 8 heterocycles. The summed E-state index contributed by atoms with van der Waals surface area (Å²) in [5.74, 6) is 0.351. The van der Waals surface area contributed by atoms with E-state index in [-0.39, 0.29) is 74.5 Å². The number of urea groups is 1. The number of carbonyl (C=O) groups is 4. The maximum Gasteiger partial charge on any atom is 0.410 e. The third kappa shape index (κ3) is 9.49. The molecule has 1 aromatic carbocycles. The lowest BCUT2D eigenvalue weighted by molar-refractivity contribution is -0.136. The molecule has 4 saturated heterocycles. The molecule has 0 spiro atoms. The standard InChI is InChI=1S/C47H56F2N14O7/c1-26-33(19-51-43(54-26)36-39(57-70-41(36)29-5-6-29)38-37-42(50)52-25-53-44(37)63(56-38)47(2,3)4)69-30-22-62(23-30)46(67)68-24-35(65)59-10-7-27(8-11-59)20-58-13-15-60(16-14-58)40-31(48)17-28(18-32(40)49)21-61-12-9-34(64)55-45(61)66/h17-19,25,27,29-30H,5-16,20-24H2,1-4H3,(H2,50,52,53)(H,55,64,66). The molecule has 23 heteroatoms. The van der Waals surface area contributed by atoms with Crippen molar-refractivity contribution in [3.8, 4) is 28.5 Å². The third-order valence-corrected chi connectivity index (χ3v) is 13.7. The summed E-state index contributed by atoms with van der Waals surface area (Å²) in [5.41, 5.74) is 8.94. The van der Waals surface area contributed by atoms with Crippen LogP contribution in [-0.4, -0.2) is 157 Å². The van der Waals surface area contributed by atoms with E-state index in [1.54, 1.807) is 20.7 Å². The zero-order valence-corrected chi connectivity index (χ0v) is 39.6. The molecule has 5 aliphatic rings. The highest BCUT2D eigenvalue weighted by molar-refractivity contribution is 6.00. The summed E-state index contributed by atoms with van der Waals surface area (Å²) in [6.07, 6.45) is 5.72. The summed E-state index contributed by atoms with van der Waals surface area (Å²) in [4.78, 5) is 76.4. The van der Waals surface area contributed by atoms with Crippen LogP contribution < -0.4 is 20.7 Å². The lowest BCUT2D eigenvalue weighted by Gasteiger charge is -2.40. The van der Waals surface area contributed by atoms with Gasteiger partial charge in [0.15, 0.2) is 29.6 Å². The molecule has 370 valence electrons. The minimum absolute atomic E-state index is 0.00258. The van der Waals surface area contributed by atoms with Crippen LogP contribution in [0.5, 0.6) is 5.75 Å². The fraction of sp³-hybridized carbons (Fsp3) is 0.532. The molecule has 5 aromatic rings. The number of aryl methyl sites for hydroxylation is 1. The molecule has 0 bridgehead atoms. The Morgan fingerprint density at radius 1 is 0.929 bits per heavy atom. The van der Waals surface area contributed by atoms with Crippen LogP contribution in [-0.2, 0) is 26.4 Å². The normalized spacial score (nSPS) is 18.7. The minimum Gasteiger partial charge on any atom is -0.483 e. The van der Waals surface area contributed by atoms with Crippen LogP contribution in [0.15, 0.2) is 29.2 Å². The number of benzene rings is 1. The Bertz CT molecular complexity index is 2820. The van der Waals surface area contributed by atoms with Gasteiger partial charge in [0, 0.05) is 71.2 Å². The number of nitrogens with two attached hydrogens (primary N) is 1. The number of hydrogen-bond donors (Lipinski definition) is 2. The number of nitrogens with one attached hydrogen (secondary N) is 1. The number of ether oxygens (including phenoxy) is 2. The van der Waals surface area contributed by atoms with E-state index in [2.05, 4.69) is 25.3 Å². The van der Waals surface area contributed by atoms with Crippen molar-refractivity contribution in [2.75, 3.05) is 82.7 Å². The van der Waals surface area contributed by atoms with Gasteiger partial charge in [0.05, 0.1) is 41.5 Å². The average molecular weight is 967 g/mol. The van der Waals surface area contributed by atoms with Crippen LogP contribution in [0.2, 0.25) is 0 Å². The fourth-order valence-corrected chi connectivity index (χ4v) is 9.62. The smallest absolute Gasteiger partial charge is 0.410 e. The molecule has 4 aromatic heterocycles. The van der Waals surface area contributed by atoms with E-state index in [9.17, 15) is 19.2 Å². The SMILES string of the molecule is Cc1nc(-c2c(-c3nn(C(C)(C)C)c4ncnc(N)c34)noc2C2CC2)ncc1OC1CN(C(=O)OCC(=O)N2CCC(CN3CCN(c4c(F)cc(CN5CCC(=O)NC5=O)cc4F)CC3)CC2)C1. The molecule has 70 heavy (non-hydrogen) atoms. The van der Waals surface area contributed by atoms with E-state index < -0.39 is 29.3 Å². The highest BCUT2D eigenvalue weighted by atomic mass is 19.1. The highest BCUT2D eigenvalue weighted by Crippen LogP contribution is 2.48. The summed E-state index contributed by atoms with van der Waals surface area (Å²) < 4.78 is 49.9. The van der Waals surface area contributed by atoms with Crippen LogP contribution in [0, 0.1) is 24.5 Å². The molecule has 0 unspecified atom stereocenters. The van der Waals surface area contributed by atoms with E-state index in [4.69, 9.17) is 34.8 Å². The second-order valence-corrected chi connectivity index (χ2v) is 19.8. The summed E-state index contributed by atoms with van der Waals surface area (Å²) in [5, 5.41) is 12.2. The Labute approximate surface area is 401 Å². The number of fused-ring (bicyclic) bond motifs is 1. The predicted octanol–water partition coefficient (Wildman–Crippen LogP) is 4.44. The number of nitrogen functional groups attached to an aromatic ring is 1. The fourth-order valence-electron chi connectivity index (χ4n) is 9.62. The van der Waals surface area contributed by atoms with E-state index in [1.807, 2.05) is 27.7 Å². The first kappa shape index (κ1) is 46.7. The predicted molar refractivity (Wildman–Crippen MR) is 248 cm³/mol. The number of piperidine rings is 1. The van der Waals surface area contributed by atoms with Gasteiger partial charge < -0.3 is 39.3 Å². The molecule has 10 rings (SSSR count). The van der Waals surface area contributed by atoms with Crippen molar-refractivity contribution < 1.29 is 42.0 Å². The van der Waals surface area contributed by atoms with Crippen molar-refractivity contribution in [1.82, 2.24) is 59.8 Å². The van der Waals surface area contributed by atoms with Crippen molar-refractivity contribution in [2.24, 2.45) is 5.92 Å². The number of imide groups is 1. The zero-order valence-electron chi connectivity index (χ0n) is 39.6. The number of rotatable bonds is 12. The largest absolute Gasteiger partial charge is 0.483 e. The Morgan fingerprint density at radius 2 is 1.66 bits per heavy atom. The number of likely N-dealkylation sites (tertiary alicyclic amines) is 2. The van der Waals surface area contributed by atoms with Crippen LogP contribution in [0.25, 0.3) is 33.8 Å². The number of nitrogens with zero attached hydrogens (tertiary/aromatic N) is 12. The first-order chi connectivity index (χ1) is 33.6. The number of amides is 5. The van der Waals surface area contributed by atoms with Gasteiger partial charge in [-0.05, 0) is 77.0 Å². The summed E-state index contributed by atoms with van der Waals surface area (Å²) >= 11 is 0. The topological polar surface area (TPSA) is 236 Å². The maximum absolute atomic E-state index is 15.3. The number of carbonyl (C=O) groups excluding carboxylic acids is 4. The molecule has 21 nitrogen and oxygen atoms in total. The monoisotopic (exact) mass is 966 g/mol. The van der Waals surface area contributed by atoms with Gasteiger partial charge in [-0.15, -0.1) is 0 Å². The molecule has 0 radical (unpaired) electrons. The first-order valence-electron chi connectivity index (χ1n) is 23.8. The Balaban J connectivity index is 0.664. The number of piperazine rings is 1. The van der Waals surface area contributed by atoms with Gasteiger partial charge in [-0.25, -0.2) is 43.0 Å². The van der Waals surface area contributed by atoms with E-state index >= 15 is 8.78 Å². The van der Waals surface area contributed by atoms with Crippen LogP contribution in [0.4, 0.5) is 29.9 Å². The summed E-state index contributed by atoms with van der Waals surface area (Å²) in [6.45, 7) is 12.3. The van der Waals surface area contributed by atoms with Crippen LogP contribution >= 0.6 is 0 Å². The molecular weight excluding hydrogens is 911 g/mol. The van der Waals surface area contributed by atoms with Gasteiger partial charge >= 0.3 is 12.1 Å². The lowest BCUT2D eigenvalue weighted by Crippen LogP contribution is -2.56. The van der Waals surface area contributed by atoms with Gasteiger partial charge in [-0.2, -0.15) is 5.10 Å². The van der Waals surface area contributed by atoms with Crippen molar-refractivity contribution >= 4 is 46.5 Å². The quantitative estimate of drug-likeness (QED) is 0.176.